The van der Waals surface area contributed by atoms with Gasteiger partial charge >= 0.3 is 5.97 Å². The van der Waals surface area contributed by atoms with Gasteiger partial charge in [-0.05, 0) is 6.92 Å². The molecule has 6 nitrogen and oxygen atoms in total. The fourth-order valence-electron chi connectivity index (χ4n) is 0.837. The van der Waals surface area contributed by atoms with Crippen molar-refractivity contribution >= 4 is 15.8 Å². The molecule has 0 radical (unpaired) electrons. The quantitative estimate of drug-likeness (QED) is 0.767. The minimum atomic E-state index is -3.32. The van der Waals surface area contributed by atoms with Gasteiger partial charge in [-0.15, -0.1) is 0 Å². The third-order valence-corrected chi connectivity index (χ3v) is 2.83. The molecule has 1 rings (SSSR count). The molecule has 0 aliphatic rings. The summed E-state index contributed by atoms with van der Waals surface area (Å²) >= 11 is 0. The Morgan fingerprint density at radius 3 is 2.57 bits per heavy atom. The van der Waals surface area contributed by atoms with Crippen LogP contribution in [0.25, 0.3) is 0 Å². The molecule has 0 saturated carbocycles. The maximum absolute atomic E-state index is 11.0. The minimum absolute atomic E-state index is 0.0191. The number of carboxylic acids is 1. The van der Waals surface area contributed by atoms with Crippen LogP contribution in [0.4, 0.5) is 0 Å². The molecule has 1 aromatic heterocycles. The number of sulfone groups is 1. The second-order valence-electron chi connectivity index (χ2n) is 2.94. The van der Waals surface area contributed by atoms with Crippen LogP contribution in [-0.2, 0) is 14.6 Å². The SMILES string of the molecule is C[C@@H](C(=O)O)n1cc(S(C)(=O)=O)cn1. The van der Waals surface area contributed by atoms with Gasteiger partial charge in [0.15, 0.2) is 9.84 Å². The van der Waals surface area contributed by atoms with E-state index in [9.17, 15) is 13.2 Å². The first-order valence-electron chi connectivity index (χ1n) is 3.79. The molecular weight excluding hydrogens is 208 g/mol. The van der Waals surface area contributed by atoms with Gasteiger partial charge in [0.1, 0.15) is 10.9 Å². The molecule has 0 bridgehead atoms. The van der Waals surface area contributed by atoms with Gasteiger partial charge in [0.25, 0.3) is 0 Å². The lowest BCUT2D eigenvalue weighted by molar-refractivity contribution is -0.140. The number of hydrogen-bond donors (Lipinski definition) is 1. The Balaban J connectivity index is 3.06. The predicted molar refractivity (Wildman–Crippen MR) is 47.7 cm³/mol. The Hall–Kier alpha value is -1.37. The summed E-state index contributed by atoms with van der Waals surface area (Å²) in [4.78, 5) is 10.6. The van der Waals surface area contributed by atoms with Gasteiger partial charge in [0, 0.05) is 12.5 Å². The molecule has 0 aliphatic heterocycles. The van der Waals surface area contributed by atoms with E-state index in [1.807, 2.05) is 0 Å². The van der Waals surface area contributed by atoms with E-state index in [0.29, 0.717) is 0 Å². The van der Waals surface area contributed by atoms with E-state index in [4.69, 9.17) is 5.11 Å². The fraction of sp³-hybridized carbons (Fsp3) is 0.429. The molecule has 1 atom stereocenters. The van der Waals surface area contributed by atoms with Crippen LogP contribution in [0.1, 0.15) is 13.0 Å². The van der Waals surface area contributed by atoms with Crippen molar-refractivity contribution in [2.75, 3.05) is 6.26 Å². The summed E-state index contributed by atoms with van der Waals surface area (Å²) in [7, 11) is -3.32. The summed E-state index contributed by atoms with van der Waals surface area (Å²) in [6, 6.07) is -0.870. The van der Waals surface area contributed by atoms with E-state index in [-0.39, 0.29) is 4.90 Å². The smallest absolute Gasteiger partial charge is 0.328 e. The lowest BCUT2D eigenvalue weighted by atomic mass is 10.4. The molecule has 0 spiro atoms. The van der Waals surface area contributed by atoms with Crippen LogP contribution in [0.5, 0.6) is 0 Å². The third kappa shape index (κ3) is 2.11. The van der Waals surface area contributed by atoms with E-state index in [0.717, 1.165) is 17.1 Å². The van der Waals surface area contributed by atoms with Crippen molar-refractivity contribution in [3.05, 3.63) is 12.4 Å². The Morgan fingerprint density at radius 2 is 2.21 bits per heavy atom. The zero-order valence-corrected chi connectivity index (χ0v) is 8.52. The second kappa shape index (κ2) is 3.41. The molecule has 1 aromatic rings. The predicted octanol–water partition coefficient (Wildman–Crippen LogP) is -0.0678. The van der Waals surface area contributed by atoms with Crippen LogP contribution in [0.3, 0.4) is 0 Å². The number of hydrogen-bond acceptors (Lipinski definition) is 4. The van der Waals surface area contributed by atoms with E-state index in [1.54, 1.807) is 0 Å². The average Bonchev–Trinajstić information content (AvgIpc) is 2.49. The highest BCUT2D eigenvalue weighted by Crippen LogP contribution is 2.10. The van der Waals surface area contributed by atoms with E-state index in [2.05, 4.69) is 5.10 Å². The molecule has 78 valence electrons. The molecule has 0 fully saturated rings. The van der Waals surface area contributed by atoms with Crippen molar-refractivity contribution in [2.45, 2.75) is 17.9 Å². The highest BCUT2D eigenvalue weighted by molar-refractivity contribution is 7.90. The largest absolute Gasteiger partial charge is 0.480 e. The van der Waals surface area contributed by atoms with Crippen molar-refractivity contribution < 1.29 is 18.3 Å². The van der Waals surface area contributed by atoms with Gasteiger partial charge in [0.2, 0.25) is 0 Å². The highest BCUT2D eigenvalue weighted by atomic mass is 32.2. The zero-order valence-electron chi connectivity index (χ0n) is 7.71. The molecular formula is C7H10N2O4S. The minimum Gasteiger partial charge on any atom is -0.480 e. The number of carbonyl (C=O) groups is 1. The van der Waals surface area contributed by atoms with Crippen LogP contribution >= 0.6 is 0 Å². The average molecular weight is 218 g/mol. The molecule has 0 aliphatic carbocycles. The van der Waals surface area contributed by atoms with Crippen LogP contribution in [0.15, 0.2) is 17.3 Å². The fourth-order valence-corrected chi connectivity index (χ4v) is 1.38. The van der Waals surface area contributed by atoms with Gasteiger partial charge in [-0.2, -0.15) is 5.10 Å². The van der Waals surface area contributed by atoms with E-state index in [1.165, 1.54) is 13.1 Å². The van der Waals surface area contributed by atoms with Gasteiger partial charge in [-0.25, -0.2) is 13.2 Å². The van der Waals surface area contributed by atoms with Gasteiger partial charge in [0.05, 0.1) is 6.20 Å². The normalized spacial score (nSPS) is 13.9. The number of rotatable bonds is 3. The molecule has 1 heterocycles. The molecule has 0 aromatic carbocycles. The van der Waals surface area contributed by atoms with Crippen LogP contribution < -0.4 is 0 Å². The maximum atomic E-state index is 11.0. The molecule has 0 unspecified atom stereocenters. The molecule has 0 amide bonds. The van der Waals surface area contributed by atoms with Crippen LogP contribution in [0.2, 0.25) is 0 Å². The van der Waals surface area contributed by atoms with Gasteiger partial charge in [-0.1, -0.05) is 0 Å². The lowest BCUT2D eigenvalue weighted by Gasteiger charge is -2.04. The lowest BCUT2D eigenvalue weighted by Crippen LogP contribution is -2.15. The number of nitrogens with zero attached hydrogens (tertiary/aromatic N) is 2. The first kappa shape index (κ1) is 10.7. The summed E-state index contributed by atoms with van der Waals surface area (Å²) < 4.78 is 23.2. The maximum Gasteiger partial charge on any atom is 0.328 e. The van der Waals surface area contributed by atoms with E-state index >= 15 is 0 Å². The van der Waals surface area contributed by atoms with Gasteiger partial charge in [-0.3, -0.25) is 4.68 Å². The molecule has 7 heteroatoms. The van der Waals surface area contributed by atoms with Crippen molar-refractivity contribution in [3.8, 4) is 0 Å². The Labute approximate surface area is 81.1 Å². The van der Waals surface area contributed by atoms with Crippen LogP contribution in [-0.4, -0.2) is 35.5 Å². The standard InChI is InChI=1S/C7H10N2O4S/c1-5(7(10)11)9-4-6(3-8-9)14(2,12)13/h3-5H,1-2H3,(H,10,11)/t5-/m0/s1. The second-order valence-corrected chi connectivity index (χ2v) is 4.96. The van der Waals surface area contributed by atoms with Crippen molar-refractivity contribution in [2.24, 2.45) is 0 Å². The first-order chi connectivity index (χ1) is 6.32. The van der Waals surface area contributed by atoms with Crippen molar-refractivity contribution in [1.29, 1.82) is 0 Å². The number of aliphatic carboxylic acids is 1. The van der Waals surface area contributed by atoms with Gasteiger partial charge < -0.3 is 5.11 Å². The molecule has 0 saturated heterocycles. The van der Waals surface area contributed by atoms with E-state index < -0.39 is 21.8 Å². The van der Waals surface area contributed by atoms with Crippen LogP contribution in [0, 0.1) is 0 Å². The Kier molecular flexibility index (Phi) is 2.61. The summed E-state index contributed by atoms with van der Waals surface area (Å²) in [6.45, 7) is 1.42. The first-order valence-corrected chi connectivity index (χ1v) is 5.68. The Bertz CT molecular complexity index is 448. The van der Waals surface area contributed by atoms with Crippen molar-refractivity contribution in [3.63, 3.8) is 0 Å². The summed E-state index contributed by atoms with van der Waals surface area (Å²) in [5.41, 5.74) is 0. The summed E-state index contributed by atoms with van der Waals surface area (Å²) in [5, 5.41) is 12.3. The monoisotopic (exact) mass is 218 g/mol. The number of carboxylic acid groups (broad SMARTS) is 1. The summed E-state index contributed by atoms with van der Waals surface area (Å²) in [6.07, 6.45) is 3.38. The topological polar surface area (TPSA) is 89.3 Å². The zero-order chi connectivity index (χ0) is 10.9. The molecule has 1 N–H and O–H groups in total. The Morgan fingerprint density at radius 1 is 1.64 bits per heavy atom. The van der Waals surface area contributed by atoms with Crippen molar-refractivity contribution in [1.82, 2.24) is 9.78 Å². The third-order valence-electron chi connectivity index (χ3n) is 1.76. The highest BCUT2D eigenvalue weighted by Gasteiger charge is 2.17. The molecule has 14 heavy (non-hydrogen) atoms. The number of aromatic nitrogens is 2. The summed E-state index contributed by atoms with van der Waals surface area (Å²) in [5.74, 6) is -1.06.